The van der Waals surface area contributed by atoms with Crippen LogP contribution in [-0.4, -0.2) is 19.1 Å². The number of hydrogen-bond donors (Lipinski definition) is 2. The van der Waals surface area contributed by atoms with Crippen LogP contribution in [0, 0.1) is 5.92 Å². The average Bonchev–Trinajstić information content (AvgIpc) is 2.47. The molecule has 0 spiro atoms. The first-order valence-electron chi connectivity index (χ1n) is 7.40. The van der Waals surface area contributed by atoms with Gasteiger partial charge in [-0.05, 0) is 37.0 Å². The lowest BCUT2D eigenvalue weighted by atomic mass is 9.82. The van der Waals surface area contributed by atoms with Crippen LogP contribution in [0.3, 0.4) is 0 Å². The Bertz CT molecular complexity index is 474. The second-order valence-corrected chi connectivity index (χ2v) is 5.48. The van der Waals surface area contributed by atoms with Crippen LogP contribution in [-0.2, 0) is 0 Å². The number of anilines is 1. The van der Waals surface area contributed by atoms with Crippen molar-refractivity contribution in [1.82, 2.24) is 0 Å². The lowest BCUT2D eigenvalue weighted by molar-refractivity contribution is 0.100. The van der Waals surface area contributed by atoms with E-state index in [9.17, 15) is 4.79 Å². The van der Waals surface area contributed by atoms with Crippen LogP contribution in [0.2, 0.25) is 0 Å². The minimum atomic E-state index is -0.411. The van der Waals surface area contributed by atoms with Crippen molar-refractivity contribution in [2.45, 2.75) is 45.1 Å². The molecule has 0 bridgehead atoms. The molecule has 0 aromatic heterocycles. The molecular formula is C16H24N2O2. The normalized spacial score (nSPS) is 22.3. The third-order valence-corrected chi connectivity index (χ3v) is 4.26. The third kappa shape index (κ3) is 3.24. The number of carbonyl (C=O) groups is 1. The van der Waals surface area contributed by atoms with Gasteiger partial charge in [-0.3, -0.25) is 4.79 Å². The highest BCUT2D eigenvalue weighted by atomic mass is 16.5. The van der Waals surface area contributed by atoms with Crippen LogP contribution < -0.4 is 15.8 Å². The topological polar surface area (TPSA) is 64.3 Å². The summed E-state index contributed by atoms with van der Waals surface area (Å²) in [4.78, 5) is 11.3. The average molecular weight is 276 g/mol. The fraction of sp³-hybridized carbons (Fsp3) is 0.562. The number of nitrogens with two attached hydrogens (primary N) is 1. The molecule has 2 atom stereocenters. The van der Waals surface area contributed by atoms with E-state index in [1.807, 2.05) is 0 Å². The third-order valence-electron chi connectivity index (χ3n) is 4.26. The molecule has 4 nitrogen and oxygen atoms in total. The van der Waals surface area contributed by atoms with Crippen LogP contribution in [0.4, 0.5) is 5.69 Å². The van der Waals surface area contributed by atoms with Gasteiger partial charge in [-0.15, -0.1) is 0 Å². The Kier molecular flexibility index (Phi) is 4.88. The summed E-state index contributed by atoms with van der Waals surface area (Å²) in [5.41, 5.74) is 6.73. The molecule has 1 aromatic carbocycles. The number of primary amides is 1. The minimum Gasteiger partial charge on any atom is -0.495 e. The molecular weight excluding hydrogens is 252 g/mol. The Labute approximate surface area is 120 Å². The number of nitrogens with one attached hydrogen (secondary N) is 1. The zero-order chi connectivity index (χ0) is 14.5. The molecule has 110 valence electrons. The molecule has 2 rings (SSSR count). The molecule has 4 heteroatoms. The van der Waals surface area contributed by atoms with Crippen molar-refractivity contribution in [1.29, 1.82) is 0 Å². The van der Waals surface area contributed by atoms with E-state index in [0.717, 1.165) is 11.4 Å². The first kappa shape index (κ1) is 14.7. The van der Waals surface area contributed by atoms with Crippen molar-refractivity contribution < 1.29 is 9.53 Å². The predicted molar refractivity (Wildman–Crippen MR) is 81.2 cm³/mol. The summed E-state index contributed by atoms with van der Waals surface area (Å²) in [6.07, 6.45) is 6.19. The minimum absolute atomic E-state index is 0.411. The van der Waals surface area contributed by atoms with Crippen LogP contribution in [0.5, 0.6) is 5.75 Å². The van der Waals surface area contributed by atoms with Crippen LogP contribution in [0.1, 0.15) is 49.4 Å². The molecule has 1 aliphatic rings. The molecule has 1 saturated carbocycles. The monoisotopic (exact) mass is 276 g/mol. The zero-order valence-electron chi connectivity index (χ0n) is 12.3. The summed E-state index contributed by atoms with van der Waals surface area (Å²) in [5, 5.41) is 3.56. The van der Waals surface area contributed by atoms with Gasteiger partial charge < -0.3 is 15.8 Å². The largest absolute Gasteiger partial charge is 0.495 e. The highest BCUT2D eigenvalue weighted by Gasteiger charge is 2.24. The van der Waals surface area contributed by atoms with Crippen molar-refractivity contribution in [3.05, 3.63) is 23.8 Å². The van der Waals surface area contributed by atoms with Crippen LogP contribution in [0.25, 0.3) is 0 Å². The number of amides is 1. The molecule has 1 amide bonds. The number of hydrogen-bond acceptors (Lipinski definition) is 3. The number of carbonyl (C=O) groups excluding carboxylic acids is 1. The quantitative estimate of drug-likeness (QED) is 0.868. The van der Waals surface area contributed by atoms with Crippen molar-refractivity contribution in [2.24, 2.45) is 11.7 Å². The van der Waals surface area contributed by atoms with Crippen LogP contribution >= 0.6 is 0 Å². The SMILES string of the molecule is CCC1CCCCC1Nc1cc(C(N)=O)ccc1OC. The van der Waals surface area contributed by atoms with Gasteiger partial charge in [-0.1, -0.05) is 26.2 Å². The van der Waals surface area contributed by atoms with Gasteiger partial charge in [0.2, 0.25) is 5.91 Å². The van der Waals surface area contributed by atoms with E-state index in [0.29, 0.717) is 17.5 Å². The van der Waals surface area contributed by atoms with Gasteiger partial charge in [0.15, 0.2) is 0 Å². The van der Waals surface area contributed by atoms with Gasteiger partial charge in [0, 0.05) is 11.6 Å². The van der Waals surface area contributed by atoms with Crippen LogP contribution in [0.15, 0.2) is 18.2 Å². The maximum atomic E-state index is 11.3. The van der Waals surface area contributed by atoms with E-state index in [1.165, 1.54) is 32.1 Å². The fourth-order valence-electron chi connectivity index (χ4n) is 3.06. The van der Waals surface area contributed by atoms with E-state index in [4.69, 9.17) is 10.5 Å². The van der Waals surface area contributed by atoms with Gasteiger partial charge >= 0.3 is 0 Å². The van der Waals surface area contributed by atoms with Crippen molar-refractivity contribution in [3.63, 3.8) is 0 Å². The van der Waals surface area contributed by atoms with E-state index < -0.39 is 5.91 Å². The van der Waals surface area contributed by atoms with E-state index >= 15 is 0 Å². The number of benzene rings is 1. The fourth-order valence-corrected chi connectivity index (χ4v) is 3.06. The molecule has 1 aliphatic carbocycles. The van der Waals surface area contributed by atoms with Gasteiger partial charge in [-0.2, -0.15) is 0 Å². The van der Waals surface area contributed by atoms with E-state index in [-0.39, 0.29) is 0 Å². The van der Waals surface area contributed by atoms with Gasteiger partial charge in [0.1, 0.15) is 5.75 Å². The Morgan fingerprint density at radius 2 is 2.15 bits per heavy atom. The lowest BCUT2D eigenvalue weighted by Gasteiger charge is -2.32. The Balaban J connectivity index is 2.21. The molecule has 3 N–H and O–H groups in total. The summed E-state index contributed by atoms with van der Waals surface area (Å²) >= 11 is 0. The van der Waals surface area contributed by atoms with Crippen molar-refractivity contribution in [2.75, 3.05) is 12.4 Å². The maximum Gasteiger partial charge on any atom is 0.248 e. The first-order chi connectivity index (χ1) is 9.65. The molecule has 2 unspecified atom stereocenters. The molecule has 0 heterocycles. The summed E-state index contributed by atoms with van der Waals surface area (Å²) < 4.78 is 5.38. The highest BCUT2D eigenvalue weighted by Crippen LogP contribution is 2.33. The summed E-state index contributed by atoms with van der Waals surface area (Å²) in [6, 6.07) is 5.74. The smallest absolute Gasteiger partial charge is 0.248 e. The standard InChI is InChI=1S/C16H24N2O2/c1-3-11-6-4-5-7-13(11)18-14-10-12(16(17)19)8-9-15(14)20-2/h8-11,13,18H,3-7H2,1-2H3,(H2,17,19). The second kappa shape index (κ2) is 6.64. The van der Waals surface area contributed by atoms with Crippen molar-refractivity contribution >= 4 is 11.6 Å². The van der Waals surface area contributed by atoms with Crippen molar-refractivity contribution in [3.8, 4) is 5.75 Å². The molecule has 0 radical (unpaired) electrons. The molecule has 0 aliphatic heterocycles. The molecule has 1 fully saturated rings. The highest BCUT2D eigenvalue weighted by molar-refractivity contribution is 5.94. The summed E-state index contributed by atoms with van der Waals surface area (Å²) in [6.45, 7) is 2.24. The molecule has 20 heavy (non-hydrogen) atoms. The Morgan fingerprint density at radius 3 is 2.80 bits per heavy atom. The zero-order valence-corrected chi connectivity index (χ0v) is 12.3. The summed E-state index contributed by atoms with van der Waals surface area (Å²) in [5.74, 6) is 1.03. The predicted octanol–water partition coefficient (Wildman–Crippen LogP) is 3.17. The number of methoxy groups -OCH3 is 1. The first-order valence-corrected chi connectivity index (χ1v) is 7.40. The molecule has 0 saturated heterocycles. The van der Waals surface area contributed by atoms with E-state index in [1.54, 1.807) is 25.3 Å². The van der Waals surface area contributed by atoms with Gasteiger partial charge in [0.05, 0.1) is 12.8 Å². The van der Waals surface area contributed by atoms with Gasteiger partial charge in [0.25, 0.3) is 0 Å². The number of rotatable bonds is 5. The lowest BCUT2D eigenvalue weighted by Crippen LogP contribution is -2.32. The maximum absolute atomic E-state index is 11.3. The van der Waals surface area contributed by atoms with Gasteiger partial charge in [-0.25, -0.2) is 0 Å². The molecule has 1 aromatic rings. The summed E-state index contributed by atoms with van der Waals surface area (Å²) in [7, 11) is 1.64. The second-order valence-electron chi connectivity index (χ2n) is 5.48. The Morgan fingerprint density at radius 1 is 1.40 bits per heavy atom. The number of ether oxygens (including phenoxy) is 1. The van der Waals surface area contributed by atoms with E-state index in [2.05, 4.69) is 12.2 Å². The Hall–Kier alpha value is -1.71.